The van der Waals surface area contributed by atoms with E-state index in [1.807, 2.05) is 24.3 Å². The van der Waals surface area contributed by atoms with E-state index in [1.165, 1.54) is 0 Å². The number of H-pyrrole nitrogens is 1. The smallest absolute Gasteiger partial charge is 0.112 e. The zero-order valence-corrected chi connectivity index (χ0v) is 8.91. The molecule has 0 bridgehead atoms. The van der Waals surface area contributed by atoms with Gasteiger partial charge in [-0.1, -0.05) is 17.3 Å². The zero-order chi connectivity index (χ0) is 6.10. The van der Waals surface area contributed by atoms with Crippen LogP contribution in [0.25, 0.3) is 11.0 Å². The molecule has 1 aromatic heterocycles. The zero-order valence-electron chi connectivity index (χ0n) is 5.28. The van der Waals surface area contributed by atoms with Crippen LogP contribution in [-0.2, 0) is 0 Å². The predicted molar refractivity (Wildman–Crippen MR) is 33.9 cm³/mol. The number of aromatic amines is 1. The third-order valence-electron chi connectivity index (χ3n) is 1.23. The van der Waals surface area contributed by atoms with Crippen molar-refractivity contribution < 1.29 is 35.6 Å². The summed E-state index contributed by atoms with van der Waals surface area (Å²) in [5, 5.41) is 10.2. The molecule has 0 aliphatic carbocycles. The van der Waals surface area contributed by atoms with E-state index in [9.17, 15) is 0 Å². The van der Waals surface area contributed by atoms with Crippen molar-refractivity contribution in [2.24, 2.45) is 0 Å². The Kier molecular flexibility index (Phi) is 2.60. The second kappa shape index (κ2) is 3.28. The van der Waals surface area contributed by atoms with Gasteiger partial charge in [0.15, 0.2) is 0 Å². The second-order valence-corrected chi connectivity index (χ2v) is 1.83. The molecular weight excluding hydrogens is 253 g/mol. The first-order valence-corrected chi connectivity index (χ1v) is 2.72. The largest absolute Gasteiger partial charge is 0.258 e. The molecule has 0 aliphatic rings. The Hall–Kier alpha value is -0.185. The van der Waals surface area contributed by atoms with Crippen molar-refractivity contribution in [1.82, 2.24) is 15.4 Å². The molecule has 1 aromatic carbocycles. The van der Waals surface area contributed by atoms with Crippen molar-refractivity contribution in [3.8, 4) is 0 Å². The average molecular weight is 258 g/mol. The van der Waals surface area contributed by atoms with Crippen LogP contribution in [0.15, 0.2) is 24.3 Å². The van der Waals surface area contributed by atoms with Crippen LogP contribution in [0.3, 0.4) is 0 Å². The van der Waals surface area contributed by atoms with Crippen LogP contribution in [0.5, 0.6) is 0 Å². The van der Waals surface area contributed by atoms with E-state index in [2.05, 4.69) is 15.4 Å². The van der Waals surface area contributed by atoms with Crippen molar-refractivity contribution in [1.29, 1.82) is 0 Å². The summed E-state index contributed by atoms with van der Waals surface area (Å²) >= 11 is 0. The monoisotopic (exact) mass is 258 g/mol. The predicted octanol–water partition coefficient (Wildman–Crippen LogP) is 0.958. The number of fused-ring (bicyclic) bond motifs is 1. The summed E-state index contributed by atoms with van der Waals surface area (Å²) in [5.41, 5.74) is 1.90. The van der Waals surface area contributed by atoms with Gasteiger partial charge in [-0.3, -0.25) is 5.10 Å². The van der Waals surface area contributed by atoms with Crippen molar-refractivity contribution >= 4 is 11.0 Å². The standard InChI is InChI=1S/C6H5N3.La/c1-2-4-6-5(3-1)7-9-8-6;/h1-4H,(H,7,8,9);. The first-order valence-electron chi connectivity index (χ1n) is 2.72. The van der Waals surface area contributed by atoms with Crippen molar-refractivity contribution in [3.05, 3.63) is 24.3 Å². The van der Waals surface area contributed by atoms with Gasteiger partial charge in [0.1, 0.15) is 5.52 Å². The molecule has 3 nitrogen and oxygen atoms in total. The molecule has 2 rings (SSSR count). The summed E-state index contributed by atoms with van der Waals surface area (Å²) in [7, 11) is 0. The molecule has 2 aromatic rings. The molecule has 1 radical (unpaired) electrons. The minimum atomic E-state index is 0. The maximum atomic E-state index is 3.81. The van der Waals surface area contributed by atoms with Crippen molar-refractivity contribution in [2.75, 3.05) is 0 Å². The van der Waals surface area contributed by atoms with Crippen LogP contribution in [-0.4, -0.2) is 15.4 Å². The van der Waals surface area contributed by atoms with Crippen molar-refractivity contribution in [3.63, 3.8) is 0 Å². The fourth-order valence-electron chi connectivity index (χ4n) is 0.788. The molecule has 1 N–H and O–H groups in total. The number of nitrogens with zero attached hydrogens (tertiary/aromatic N) is 2. The van der Waals surface area contributed by atoms with Crippen LogP contribution in [0.1, 0.15) is 0 Å². The number of hydrogen-bond acceptors (Lipinski definition) is 2. The molecular formula is C6H5LaN3. The molecule has 0 atom stereocenters. The van der Waals surface area contributed by atoms with E-state index in [-0.39, 0.29) is 35.6 Å². The Balaban J connectivity index is 0.000000500. The van der Waals surface area contributed by atoms with Crippen LogP contribution in [0.4, 0.5) is 0 Å². The summed E-state index contributed by atoms with van der Waals surface area (Å²) in [6.07, 6.45) is 0. The number of nitrogens with one attached hydrogen (secondary N) is 1. The minimum Gasteiger partial charge on any atom is -0.258 e. The summed E-state index contributed by atoms with van der Waals surface area (Å²) in [6.45, 7) is 0. The molecule has 0 spiro atoms. The Labute approximate surface area is 85.8 Å². The van der Waals surface area contributed by atoms with Gasteiger partial charge in [-0.2, -0.15) is 0 Å². The quantitative estimate of drug-likeness (QED) is 0.764. The van der Waals surface area contributed by atoms with Gasteiger partial charge in [0.05, 0.1) is 5.52 Å². The molecule has 10 heavy (non-hydrogen) atoms. The molecule has 0 saturated heterocycles. The number of hydrogen-bond donors (Lipinski definition) is 1. The van der Waals surface area contributed by atoms with Gasteiger partial charge in [-0.05, 0) is 12.1 Å². The summed E-state index contributed by atoms with van der Waals surface area (Å²) in [5.74, 6) is 0. The number of para-hydroxylation sites is 1. The summed E-state index contributed by atoms with van der Waals surface area (Å²) in [6, 6.07) is 7.74. The number of rotatable bonds is 0. The van der Waals surface area contributed by atoms with Crippen LogP contribution in [0, 0.1) is 35.6 Å². The molecule has 1 heterocycles. The van der Waals surface area contributed by atoms with E-state index in [4.69, 9.17) is 0 Å². The van der Waals surface area contributed by atoms with Gasteiger partial charge < -0.3 is 0 Å². The molecule has 47 valence electrons. The number of benzene rings is 1. The SMILES string of the molecule is [La].c1ccc2[nH]nnc2c1. The average Bonchev–Trinajstić information content (AvgIpc) is 2.33. The molecule has 0 fully saturated rings. The normalized spacial score (nSPS) is 9.20. The van der Waals surface area contributed by atoms with Gasteiger partial charge in [0, 0.05) is 35.6 Å². The van der Waals surface area contributed by atoms with E-state index >= 15 is 0 Å². The summed E-state index contributed by atoms with van der Waals surface area (Å²) < 4.78 is 0. The van der Waals surface area contributed by atoms with E-state index in [0.717, 1.165) is 11.0 Å². The van der Waals surface area contributed by atoms with Gasteiger partial charge >= 0.3 is 0 Å². The first-order chi connectivity index (χ1) is 4.47. The topological polar surface area (TPSA) is 41.6 Å². The third-order valence-corrected chi connectivity index (χ3v) is 1.23. The summed E-state index contributed by atoms with van der Waals surface area (Å²) in [4.78, 5) is 0. The van der Waals surface area contributed by atoms with Gasteiger partial charge in [-0.15, -0.1) is 5.10 Å². The van der Waals surface area contributed by atoms with Gasteiger partial charge in [0.25, 0.3) is 0 Å². The second-order valence-electron chi connectivity index (χ2n) is 1.83. The fraction of sp³-hybridized carbons (Fsp3) is 0. The van der Waals surface area contributed by atoms with Crippen LogP contribution in [0.2, 0.25) is 0 Å². The Morgan fingerprint density at radius 2 is 2.00 bits per heavy atom. The number of aromatic nitrogens is 3. The van der Waals surface area contributed by atoms with Crippen LogP contribution >= 0.6 is 0 Å². The Bertz CT molecular complexity index is 287. The van der Waals surface area contributed by atoms with Gasteiger partial charge in [-0.25, -0.2) is 0 Å². The molecule has 0 saturated carbocycles. The van der Waals surface area contributed by atoms with E-state index in [0.29, 0.717) is 0 Å². The van der Waals surface area contributed by atoms with Crippen molar-refractivity contribution in [2.45, 2.75) is 0 Å². The maximum absolute atomic E-state index is 3.81. The van der Waals surface area contributed by atoms with Crippen LogP contribution < -0.4 is 0 Å². The fourth-order valence-corrected chi connectivity index (χ4v) is 0.788. The Morgan fingerprint density at radius 1 is 1.20 bits per heavy atom. The van der Waals surface area contributed by atoms with E-state index < -0.39 is 0 Å². The molecule has 0 unspecified atom stereocenters. The Morgan fingerprint density at radius 3 is 2.80 bits per heavy atom. The molecule has 4 heteroatoms. The van der Waals surface area contributed by atoms with Gasteiger partial charge in [0.2, 0.25) is 0 Å². The van der Waals surface area contributed by atoms with E-state index in [1.54, 1.807) is 0 Å². The molecule has 0 amide bonds. The maximum Gasteiger partial charge on any atom is 0.112 e. The first kappa shape index (κ1) is 7.92. The third kappa shape index (κ3) is 1.28. The molecule has 0 aliphatic heterocycles. The minimum absolute atomic E-state index is 0.